The number of hydrogen-bond acceptors (Lipinski definition) is 4. The van der Waals surface area contributed by atoms with Gasteiger partial charge in [0.1, 0.15) is 10.1 Å². The summed E-state index contributed by atoms with van der Waals surface area (Å²) in [7, 11) is -5.31. The molecule has 10 heteroatoms. The molecule has 4 nitrogen and oxygen atoms in total. The Balaban J connectivity index is 3.01. The maximum absolute atomic E-state index is 13.8. The smallest absolute Gasteiger partial charge is 0.200 e. The van der Waals surface area contributed by atoms with Gasteiger partial charge in [-0.1, -0.05) is 0 Å². The molecule has 0 radical (unpaired) electrons. The van der Waals surface area contributed by atoms with Crippen LogP contribution in [0.3, 0.4) is 0 Å². The topological polar surface area (TPSA) is 81.0 Å². The number of rotatable bonds is 2. The highest BCUT2D eigenvalue weighted by Gasteiger charge is 2.28. The van der Waals surface area contributed by atoms with Gasteiger partial charge in [-0.3, -0.25) is 0 Å². The van der Waals surface area contributed by atoms with Crippen molar-refractivity contribution >= 4 is 10.1 Å². The molecule has 2 aromatic carbocycles. The van der Waals surface area contributed by atoms with Crippen molar-refractivity contribution in [2.75, 3.05) is 0 Å². The van der Waals surface area contributed by atoms with Gasteiger partial charge in [0.25, 0.3) is 0 Å². The van der Waals surface area contributed by atoms with Crippen molar-refractivity contribution in [3.63, 3.8) is 0 Å². The normalized spacial score (nSPS) is 11.3. The Morgan fingerprint density at radius 3 is 1.83 bits per heavy atom. The van der Waals surface area contributed by atoms with E-state index in [0.717, 1.165) is 6.07 Å². The Morgan fingerprint density at radius 1 is 0.913 bits per heavy atom. The van der Waals surface area contributed by atoms with Crippen LogP contribution in [-0.2, 0) is 10.1 Å². The van der Waals surface area contributed by atoms with Crippen LogP contribution in [0.1, 0.15) is 5.56 Å². The predicted octanol–water partition coefficient (Wildman–Crippen LogP) is 2.82. The third-order valence-corrected chi connectivity index (χ3v) is 3.75. The molecule has 0 saturated heterocycles. The molecule has 0 unspecified atom stereocenters. The van der Waals surface area contributed by atoms with Crippen LogP contribution in [0.4, 0.5) is 22.0 Å². The van der Waals surface area contributed by atoms with Crippen LogP contribution in [0.2, 0.25) is 0 Å². The van der Waals surface area contributed by atoms with Gasteiger partial charge in [0, 0.05) is 5.56 Å². The van der Waals surface area contributed by atoms with Crippen LogP contribution in [-0.4, -0.2) is 13.0 Å². The van der Waals surface area contributed by atoms with E-state index >= 15 is 0 Å². The lowest BCUT2D eigenvalue weighted by molar-refractivity contribution is 0.381. The van der Waals surface area contributed by atoms with Crippen molar-refractivity contribution in [1.82, 2.24) is 0 Å². The minimum Gasteiger partial charge on any atom is -0.744 e. The largest absolute Gasteiger partial charge is 0.744 e. The average Bonchev–Trinajstić information content (AvgIpc) is 2.50. The van der Waals surface area contributed by atoms with E-state index in [-0.39, 0.29) is 5.56 Å². The van der Waals surface area contributed by atoms with E-state index in [1.54, 1.807) is 0 Å². The average molecular weight is 348 g/mol. The second-order valence-electron chi connectivity index (χ2n) is 4.22. The van der Waals surface area contributed by atoms with E-state index in [1.807, 2.05) is 0 Å². The molecule has 0 bridgehead atoms. The number of hydrogen-bond donors (Lipinski definition) is 0. The zero-order valence-electron chi connectivity index (χ0n) is 10.7. The third-order valence-electron chi connectivity index (χ3n) is 2.86. The van der Waals surface area contributed by atoms with E-state index in [1.165, 1.54) is 6.07 Å². The SMILES string of the molecule is N#Cc1ccc(S(=O)(=O)[O-])c(-c2c(F)c(F)c(F)c(F)c2F)c1. The van der Waals surface area contributed by atoms with Gasteiger partial charge >= 0.3 is 0 Å². The number of benzene rings is 2. The van der Waals surface area contributed by atoms with Gasteiger partial charge in [-0.2, -0.15) is 5.26 Å². The molecule has 0 saturated carbocycles. The fourth-order valence-electron chi connectivity index (χ4n) is 1.85. The van der Waals surface area contributed by atoms with Gasteiger partial charge in [0.05, 0.1) is 22.1 Å². The van der Waals surface area contributed by atoms with Gasteiger partial charge in [-0.05, 0) is 18.2 Å². The Bertz CT molecular complexity index is 938. The first-order valence-electron chi connectivity index (χ1n) is 5.61. The fraction of sp³-hybridized carbons (Fsp3) is 0. The van der Waals surface area contributed by atoms with Gasteiger partial charge in [-0.25, -0.2) is 30.4 Å². The second kappa shape index (κ2) is 5.60. The van der Waals surface area contributed by atoms with Crippen LogP contribution < -0.4 is 0 Å². The molecule has 0 atom stereocenters. The highest BCUT2D eigenvalue weighted by molar-refractivity contribution is 7.85. The number of halogens is 5. The lowest BCUT2D eigenvalue weighted by Gasteiger charge is -2.15. The van der Waals surface area contributed by atoms with Crippen LogP contribution in [0.25, 0.3) is 11.1 Å². The summed E-state index contributed by atoms with van der Waals surface area (Å²) in [5.74, 6) is -11.7. The van der Waals surface area contributed by atoms with Crippen LogP contribution in [0, 0.1) is 40.4 Å². The maximum atomic E-state index is 13.8. The van der Waals surface area contributed by atoms with Gasteiger partial charge in [0.2, 0.25) is 5.82 Å². The van der Waals surface area contributed by atoms with E-state index < -0.39 is 55.2 Å². The summed E-state index contributed by atoms with van der Waals surface area (Å²) in [6.07, 6.45) is 0. The lowest BCUT2D eigenvalue weighted by atomic mass is 10.0. The summed E-state index contributed by atoms with van der Waals surface area (Å²) >= 11 is 0. The Labute approximate surface area is 126 Å². The molecule has 0 N–H and O–H groups in total. The highest BCUT2D eigenvalue weighted by Crippen LogP contribution is 2.35. The van der Waals surface area contributed by atoms with Crippen molar-refractivity contribution in [2.45, 2.75) is 4.90 Å². The van der Waals surface area contributed by atoms with Gasteiger partial charge < -0.3 is 4.55 Å². The molecule has 0 amide bonds. The first-order chi connectivity index (χ1) is 10.6. The quantitative estimate of drug-likeness (QED) is 0.362. The maximum Gasteiger partial charge on any atom is 0.200 e. The summed E-state index contributed by atoms with van der Waals surface area (Å²) in [6.45, 7) is 0. The van der Waals surface area contributed by atoms with Crippen LogP contribution >= 0.6 is 0 Å². The summed E-state index contributed by atoms with van der Waals surface area (Å²) < 4.78 is 101. The third kappa shape index (κ3) is 2.76. The van der Waals surface area contributed by atoms with Crippen LogP contribution in [0.15, 0.2) is 23.1 Å². The van der Waals surface area contributed by atoms with E-state index in [0.29, 0.717) is 12.1 Å². The number of nitriles is 1. The minimum absolute atomic E-state index is 0.351. The second-order valence-corrected chi connectivity index (χ2v) is 5.57. The minimum atomic E-state index is -5.31. The monoisotopic (exact) mass is 348 g/mol. The summed E-state index contributed by atoms with van der Waals surface area (Å²) in [5.41, 5.74) is -3.05. The van der Waals surface area contributed by atoms with E-state index in [9.17, 15) is 34.9 Å². The van der Waals surface area contributed by atoms with Crippen molar-refractivity contribution in [2.24, 2.45) is 0 Å². The lowest BCUT2D eigenvalue weighted by Crippen LogP contribution is -2.08. The standard InChI is InChI=1S/C13H4F5NO3S/c14-9-8(10(15)12(17)13(18)11(9)16)6-3-5(4-19)1-2-7(6)23(20,21)22/h1-3H,(H,20,21,22)/p-1. The Morgan fingerprint density at radius 2 is 1.39 bits per heavy atom. The van der Waals surface area contributed by atoms with Crippen molar-refractivity contribution < 1.29 is 34.9 Å². The van der Waals surface area contributed by atoms with E-state index in [2.05, 4.69) is 0 Å². The summed E-state index contributed by atoms with van der Waals surface area (Å²) in [4.78, 5) is -1.22. The molecule has 0 heterocycles. The molecule has 0 aliphatic heterocycles. The molecule has 0 aliphatic rings. The Kier molecular flexibility index (Phi) is 4.10. The molecule has 2 rings (SSSR count). The van der Waals surface area contributed by atoms with Crippen molar-refractivity contribution in [3.8, 4) is 17.2 Å². The van der Waals surface area contributed by atoms with Crippen molar-refractivity contribution in [1.29, 1.82) is 5.26 Å². The first kappa shape index (κ1) is 16.9. The fourth-order valence-corrected chi connectivity index (χ4v) is 2.52. The molecule has 120 valence electrons. The van der Waals surface area contributed by atoms with E-state index in [4.69, 9.17) is 5.26 Å². The molecule has 0 fully saturated rings. The molecule has 0 spiro atoms. The highest BCUT2D eigenvalue weighted by atomic mass is 32.2. The van der Waals surface area contributed by atoms with Crippen molar-refractivity contribution in [3.05, 3.63) is 52.8 Å². The first-order valence-corrected chi connectivity index (χ1v) is 7.02. The Hall–Kier alpha value is -2.51. The molecule has 2 aromatic rings. The molecule has 23 heavy (non-hydrogen) atoms. The zero-order chi connectivity index (χ0) is 17.5. The predicted molar refractivity (Wildman–Crippen MR) is 64.3 cm³/mol. The number of nitrogens with zero attached hydrogens (tertiary/aromatic N) is 1. The summed E-state index contributed by atoms with van der Waals surface area (Å²) in [5, 5.41) is 8.72. The molecular formula is C13H3F5NO3S-. The van der Waals surface area contributed by atoms with Crippen LogP contribution in [0.5, 0.6) is 0 Å². The van der Waals surface area contributed by atoms with Gasteiger partial charge in [-0.15, -0.1) is 0 Å². The molecule has 0 aromatic heterocycles. The summed E-state index contributed by atoms with van der Waals surface area (Å²) in [6, 6.07) is 3.43. The zero-order valence-corrected chi connectivity index (χ0v) is 11.5. The molecule has 0 aliphatic carbocycles. The van der Waals surface area contributed by atoms with Gasteiger partial charge in [0.15, 0.2) is 23.3 Å². The molecular weight excluding hydrogens is 345 g/mol.